The molecular formula is C29H37Cl2N3O3. The number of nitrogens with zero attached hydrogens (tertiary/aromatic N) is 3. The third kappa shape index (κ3) is 7.18. The van der Waals surface area contributed by atoms with Crippen LogP contribution in [0.2, 0.25) is 10.0 Å². The highest BCUT2D eigenvalue weighted by Gasteiger charge is 2.29. The van der Waals surface area contributed by atoms with Gasteiger partial charge in [0.1, 0.15) is 5.75 Å². The summed E-state index contributed by atoms with van der Waals surface area (Å²) in [6.45, 7) is 7.58. The molecule has 37 heavy (non-hydrogen) atoms. The number of carbonyl (C=O) groups excluding carboxylic acids is 2. The second-order valence-electron chi connectivity index (χ2n) is 9.83. The van der Waals surface area contributed by atoms with Gasteiger partial charge in [0.2, 0.25) is 11.8 Å². The SMILES string of the molecule is CCCCCC(=O)N1C(=O)CCc2ccc(OCCCCN3CCN(c4cccc(Cl)c4Cl)CC3)cc21. The molecule has 2 amide bonds. The van der Waals surface area contributed by atoms with Gasteiger partial charge in [-0.25, -0.2) is 0 Å². The van der Waals surface area contributed by atoms with Gasteiger partial charge in [0.05, 0.1) is 28.0 Å². The fourth-order valence-electron chi connectivity index (χ4n) is 5.03. The van der Waals surface area contributed by atoms with Crippen molar-refractivity contribution in [3.05, 3.63) is 52.0 Å². The highest BCUT2D eigenvalue weighted by Crippen LogP contribution is 2.34. The fraction of sp³-hybridized carbons (Fsp3) is 0.517. The predicted octanol–water partition coefficient (Wildman–Crippen LogP) is 6.36. The van der Waals surface area contributed by atoms with E-state index < -0.39 is 0 Å². The van der Waals surface area contributed by atoms with E-state index in [1.807, 2.05) is 36.4 Å². The molecule has 2 aliphatic rings. The monoisotopic (exact) mass is 545 g/mol. The number of fused-ring (bicyclic) bond motifs is 1. The number of aryl methyl sites for hydroxylation is 1. The van der Waals surface area contributed by atoms with Crippen LogP contribution in [0.1, 0.15) is 57.4 Å². The molecule has 0 spiro atoms. The molecule has 1 fully saturated rings. The summed E-state index contributed by atoms with van der Waals surface area (Å²) in [6.07, 6.45) is 6.30. The number of imide groups is 1. The Morgan fingerprint density at radius 2 is 1.76 bits per heavy atom. The maximum Gasteiger partial charge on any atom is 0.234 e. The number of amides is 2. The van der Waals surface area contributed by atoms with Crippen LogP contribution in [0.25, 0.3) is 0 Å². The lowest BCUT2D eigenvalue weighted by Crippen LogP contribution is -2.46. The third-order valence-corrected chi connectivity index (χ3v) is 7.99. The average Bonchev–Trinajstić information content (AvgIpc) is 2.90. The lowest BCUT2D eigenvalue weighted by Gasteiger charge is -2.36. The Kier molecular flexibility index (Phi) is 10.1. The van der Waals surface area contributed by atoms with Crippen LogP contribution >= 0.6 is 23.2 Å². The van der Waals surface area contributed by atoms with Gasteiger partial charge in [-0.15, -0.1) is 0 Å². The van der Waals surface area contributed by atoms with Gasteiger partial charge < -0.3 is 9.64 Å². The van der Waals surface area contributed by atoms with E-state index in [1.54, 1.807) is 0 Å². The van der Waals surface area contributed by atoms with Gasteiger partial charge >= 0.3 is 0 Å². The molecule has 8 heteroatoms. The van der Waals surface area contributed by atoms with E-state index in [9.17, 15) is 9.59 Å². The van der Waals surface area contributed by atoms with E-state index in [2.05, 4.69) is 16.7 Å². The van der Waals surface area contributed by atoms with Gasteiger partial charge in [-0.05, 0) is 56.0 Å². The number of carbonyl (C=O) groups is 2. The molecular weight excluding hydrogens is 509 g/mol. The van der Waals surface area contributed by atoms with Gasteiger partial charge in [0.15, 0.2) is 0 Å². The zero-order chi connectivity index (χ0) is 26.2. The fourth-order valence-corrected chi connectivity index (χ4v) is 5.44. The highest BCUT2D eigenvalue weighted by molar-refractivity contribution is 6.43. The number of rotatable bonds is 11. The van der Waals surface area contributed by atoms with Crippen LogP contribution in [-0.4, -0.2) is 56.0 Å². The number of ether oxygens (including phenoxy) is 1. The van der Waals surface area contributed by atoms with Crippen molar-refractivity contribution in [3.8, 4) is 5.75 Å². The Morgan fingerprint density at radius 3 is 2.54 bits per heavy atom. The zero-order valence-corrected chi connectivity index (χ0v) is 23.2. The number of piperazine rings is 1. The maximum absolute atomic E-state index is 12.8. The quantitative estimate of drug-likeness (QED) is 0.307. The molecule has 2 heterocycles. The van der Waals surface area contributed by atoms with Gasteiger partial charge in [-0.3, -0.25) is 19.4 Å². The van der Waals surface area contributed by atoms with Crippen molar-refractivity contribution in [1.82, 2.24) is 4.90 Å². The molecule has 0 bridgehead atoms. The van der Waals surface area contributed by atoms with E-state index in [0.29, 0.717) is 47.4 Å². The molecule has 0 aliphatic carbocycles. The zero-order valence-electron chi connectivity index (χ0n) is 21.7. The van der Waals surface area contributed by atoms with E-state index in [1.165, 1.54) is 4.90 Å². The van der Waals surface area contributed by atoms with E-state index in [-0.39, 0.29) is 11.8 Å². The first-order chi connectivity index (χ1) is 18.0. The van der Waals surface area contributed by atoms with Crippen molar-refractivity contribution in [3.63, 3.8) is 0 Å². The summed E-state index contributed by atoms with van der Waals surface area (Å²) in [7, 11) is 0. The molecule has 2 aromatic rings. The Bertz CT molecular complexity index is 1090. The first kappa shape index (κ1) is 27.7. The second-order valence-corrected chi connectivity index (χ2v) is 10.6. The summed E-state index contributed by atoms with van der Waals surface area (Å²) < 4.78 is 6.02. The molecule has 6 nitrogen and oxygen atoms in total. The Balaban J connectivity index is 1.21. The summed E-state index contributed by atoms with van der Waals surface area (Å²) >= 11 is 12.6. The topological polar surface area (TPSA) is 53.1 Å². The molecule has 4 rings (SSSR count). The Labute approximate surface area is 230 Å². The van der Waals surface area contributed by atoms with E-state index >= 15 is 0 Å². The van der Waals surface area contributed by atoms with Gasteiger partial charge in [0, 0.05) is 45.1 Å². The molecule has 0 aromatic heterocycles. The van der Waals surface area contributed by atoms with Gasteiger partial charge in [0.25, 0.3) is 0 Å². The van der Waals surface area contributed by atoms with Crippen LogP contribution in [0.4, 0.5) is 11.4 Å². The molecule has 0 unspecified atom stereocenters. The molecule has 0 atom stereocenters. The van der Waals surface area contributed by atoms with Crippen molar-refractivity contribution in [2.75, 3.05) is 49.1 Å². The number of unbranched alkanes of at least 4 members (excludes halogenated alkanes) is 3. The Morgan fingerprint density at radius 1 is 0.946 bits per heavy atom. The number of anilines is 2. The largest absolute Gasteiger partial charge is 0.494 e. The van der Waals surface area contributed by atoms with Crippen molar-refractivity contribution in [2.45, 2.75) is 58.3 Å². The molecule has 2 aromatic carbocycles. The molecule has 0 saturated carbocycles. The molecule has 2 aliphatic heterocycles. The van der Waals surface area contributed by atoms with E-state index in [0.717, 1.165) is 76.1 Å². The van der Waals surface area contributed by atoms with Crippen LogP contribution in [-0.2, 0) is 16.0 Å². The van der Waals surface area contributed by atoms with Crippen LogP contribution in [0, 0.1) is 0 Å². The molecule has 1 saturated heterocycles. The summed E-state index contributed by atoms with van der Waals surface area (Å²) in [5, 5.41) is 1.23. The minimum Gasteiger partial charge on any atom is -0.494 e. The third-order valence-electron chi connectivity index (χ3n) is 7.18. The number of hydrogen-bond donors (Lipinski definition) is 0. The van der Waals surface area contributed by atoms with Crippen LogP contribution in [0.15, 0.2) is 36.4 Å². The van der Waals surface area contributed by atoms with Gasteiger partial charge in [-0.1, -0.05) is 55.1 Å². The Hall–Kier alpha value is -2.28. The predicted molar refractivity (Wildman–Crippen MR) is 151 cm³/mol. The summed E-state index contributed by atoms with van der Waals surface area (Å²) in [5.41, 5.74) is 2.75. The van der Waals surface area contributed by atoms with Crippen molar-refractivity contribution in [1.29, 1.82) is 0 Å². The summed E-state index contributed by atoms with van der Waals surface area (Å²) in [6, 6.07) is 11.6. The van der Waals surface area contributed by atoms with Crippen LogP contribution in [0.5, 0.6) is 5.75 Å². The van der Waals surface area contributed by atoms with Crippen molar-refractivity contribution in [2.24, 2.45) is 0 Å². The van der Waals surface area contributed by atoms with Crippen LogP contribution in [0.3, 0.4) is 0 Å². The average molecular weight is 547 g/mol. The lowest BCUT2D eigenvalue weighted by atomic mass is 10.00. The van der Waals surface area contributed by atoms with Crippen molar-refractivity contribution < 1.29 is 14.3 Å². The smallest absolute Gasteiger partial charge is 0.234 e. The van der Waals surface area contributed by atoms with Crippen LogP contribution < -0.4 is 14.5 Å². The standard InChI is InChI=1S/C29H37Cl2N3O3/c1-2-3-4-10-27(35)34-26-21-23(13-11-22(26)12-14-28(34)36)37-20-6-5-15-32-16-18-33(19-17-32)25-9-7-8-24(30)29(25)31/h7-9,11,13,21H,2-6,10,12,14-20H2,1H3. The molecule has 200 valence electrons. The van der Waals surface area contributed by atoms with Gasteiger partial charge in [-0.2, -0.15) is 0 Å². The number of hydrogen-bond acceptors (Lipinski definition) is 5. The maximum atomic E-state index is 12.8. The summed E-state index contributed by atoms with van der Waals surface area (Å²) in [4.78, 5) is 31.5. The second kappa shape index (κ2) is 13.5. The first-order valence-corrected chi connectivity index (χ1v) is 14.3. The van der Waals surface area contributed by atoms with Crippen molar-refractivity contribution >= 4 is 46.4 Å². The normalized spacial score (nSPS) is 16.1. The molecule has 0 N–H and O–H groups in total. The molecule has 0 radical (unpaired) electrons. The lowest BCUT2D eigenvalue weighted by molar-refractivity contribution is -0.126. The minimum atomic E-state index is -0.108. The first-order valence-electron chi connectivity index (χ1n) is 13.5. The highest BCUT2D eigenvalue weighted by atomic mass is 35.5. The summed E-state index contributed by atoms with van der Waals surface area (Å²) in [5.74, 6) is 0.505. The number of halogens is 2. The minimum absolute atomic E-state index is 0.103. The van der Waals surface area contributed by atoms with E-state index in [4.69, 9.17) is 27.9 Å². The number of benzene rings is 2.